The Morgan fingerprint density at radius 3 is 3.08 bits per heavy atom. The first-order valence-electron chi connectivity index (χ1n) is 3.21. The van der Waals surface area contributed by atoms with Crippen LogP contribution in [0.5, 0.6) is 0 Å². The van der Waals surface area contributed by atoms with Crippen molar-refractivity contribution in [2.75, 3.05) is 0 Å². The highest BCUT2D eigenvalue weighted by molar-refractivity contribution is 7.09. The molecule has 13 heavy (non-hydrogen) atoms. The first kappa shape index (κ1) is 7.80. The van der Waals surface area contributed by atoms with Crippen LogP contribution in [0.3, 0.4) is 0 Å². The van der Waals surface area contributed by atoms with Crippen LogP contribution in [0.4, 0.5) is 0 Å². The third-order valence-electron chi connectivity index (χ3n) is 1.34. The van der Waals surface area contributed by atoms with E-state index in [0.717, 1.165) is 11.5 Å². The van der Waals surface area contributed by atoms with Gasteiger partial charge in [0.1, 0.15) is 10.6 Å². The maximum absolute atomic E-state index is 10.6. The second-order valence-electron chi connectivity index (χ2n) is 2.11. The van der Waals surface area contributed by atoms with Crippen molar-refractivity contribution in [3.63, 3.8) is 0 Å². The van der Waals surface area contributed by atoms with Gasteiger partial charge in [-0.05, 0) is 11.5 Å². The number of aromatic carboxylic acids is 1. The van der Waals surface area contributed by atoms with E-state index in [9.17, 15) is 4.79 Å². The molecule has 0 atom stereocenters. The van der Waals surface area contributed by atoms with Crippen LogP contribution in [0.1, 0.15) is 10.5 Å². The van der Waals surface area contributed by atoms with E-state index in [4.69, 9.17) is 5.11 Å². The Hall–Kier alpha value is -1.83. The Labute approximate surface area is 75.6 Å². The van der Waals surface area contributed by atoms with Crippen molar-refractivity contribution in [2.24, 2.45) is 0 Å². The highest BCUT2D eigenvalue weighted by atomic mass is 32.1. The van der Waals surface area contributed by atoms with Crippen molar-refractivity contribution in [2.45, 2.75) is 0 Å². The standard InChI is InChI=1S/C5H3N5O2S/c11-5(12)3-4(13-10-8-3)2-1-6-9-7-2/h1H,(H,11,12)(H,6,7,9). The lowest BCUT2D eigenvalue weighted by atomic mass is 10.3. The lowest BCUT2D eigenvalue weighted by molar-refractivity contribution is 0.0691. The van der Waals surface area contributed by atoms with Gasteiger partial charge < -0.3 is 5.11 Å². The normalized spacial score (nSPS) is 10.2. The molecule has 0 saturated heterocycles. The number of hydrogen-bond donors (Lipinski definition) is 2. The lowest BCUT2D eigenvalue weighted by Gasteiger charge is -1.88. The van der Waals surface area contributed by atoms with E-state index in [1.807, 2.05) is 0 Å². The van der Waals surface area contributed by atoms with Gasteiger partial charge >= 0.3 is 5.97 Å². The second kappa shape index (κ2) is 2.90. The van der Waals surface area contributed by atoms with Crippen LogP contribution in [-0.2, 0) is 0 Å². The van der Waals surface area contributed by atoms with Gasteiger partial charge in [0.25, 0.3) is 0 Å². The number of nitrogens with one attached hydrogen (secondary N) is 1. The molecular formula is C5H3N5O2S. The number of carbonyl (C=O) groups is 1. The van der Waals surface area contributed by atoms with Crippen molar-refractivity contribution in [3.8, 4) is 10.6 Å². The average Bonchev–Trinajstić information content (AvgIpc) is 2.74. The largest absolute Gasteiger partial charge is 0.476 e. The van der Waals surface area contributed by atoms with Crippen LogP contribution in [0, 0.1) is 0 Å². The first-order chi connectivity index (χ1) is 6.29. The lowest BCUT2D eigenvalue weighted by Crippen LogP contribution is -1.98. The van der Waals surface area contributed by atoms with Gasteiger partial charge in [0.05, 0.1) is 6.20 Å². The van der Waals surface area contributed by atoms with E-state index < -0.39 is 5.97 Å². The Morgan fingerprint density at radius 2 is 2.46 bits per heavy atom. The van der Waals surface area contributed by atoms with E-state index in [0.29, 0.717) is 10.6 Å². The van der Waals surface area contributed by atoms with Gasteiger partial charge in [-0.1, -0.05) is 4.49 Å². The SMILES string of the molecule is O=C(O)c1nnsc1-c1cn[nH]n1. The number of aromatic amines is 1. The summed E-state index contributed by atoms with van der Waals surface area (Å²) < 4.78 is 3.53. The molecule has 2 rings (SSSR count). The number of hydrogen-bond acceptors (Lipinski definition) is 6. The molecule has 0 saturated carbocycles. The number of aromatic nitrogens is 5. The summed E-state index contributed by atoms with van der Waals surface area (Å²) in [7, 11) is 0. The van der Waals surface area contributed by atoms with E-state index in [1.54, 1.807) is 0 Å². The summed E-state index contributed by atoms with van der Waals surface area (Å²) in [5.41, 5.74) is 0.339. The third kappa shape index (κ3) is 1.26. The fraction of sp³-hybridized carbons (Fsp3) is 0. The molecule has 0 aliphatic heterocycles. The number of carboxylic acids is 1. The van der Waals surface area contributed by atoms with Crippen molar-refractivity contribution in [3.05, 3.63) is 11.9 Å². The maximum Gasteiger partial charge on any atom is 0.358 e. The minimum absolute atomic E-state index is 0.0982. The molecule has 2 heterocycles. The van der Waals surface area contributed by atoms with Gasteiger partial charge in [-0.15, -0.1) is 5.10 Å². The average molecular weight is 197 g/mol. The molecule has 0 bridgehead atoms. The molecule has 2 aromatic heterocycles. The zero-order valence-electron chi connectivity index (χ0n) is 6.13. The van der Waals surface area contributed by atoms with Crippen LogP contribution in [0.2, 0.25) is 0 Å². The Bertz CT molecular complexity index is 422. The van der Waals surface area contributed by atoms with E-state index in [-0.39, 0.29) is 5.69 Å². The minimum atomic E-state index is -1.12. The van der Waals surface area contributed by atoms with E-state index in [2.05, 4.69) is 25.0 Å². The molecule has 2 N–H and O–H groups in total. The molecule has 8 heteroatoms. The van der Waals surface area contributed by atoms with Crippen LogP contribution in [0.25, 0.3) is 10.6 Å². The molecule has 0 fully saturated rings. The van der Waals surface area contributed by atoms with Crippen LogP contribution >= 0.6 is 11.5 Å². The summed E-state index contributed by atoms with van der Waals surface area (Å²) in [6.45, 7) is 0. The summed E-state index contributed by atoms with van der Waals surface area (Å²) in [4.78, 5) is 11.0. The number of nitrogens with zero attached hydrogens (tertiary/aromatic N) is 4. The molecule has 0 aliphatic rings. The molecule has 66 valence electrons. The fourth-order valence-corrected chi connectivity index (χ4v) is 1.42. The Kier molecular flexibility index (Phi) is 1.74. The molecular weight excluding hydrogens is 194 g/mol. The smallest absolute Gasteiger partial charge is 0.358 e. The Balaban J connectivity index is 2.52. The molecule has 0 amide bonds. The Morgan fingerprint density at radius 1 is 1.62 bits per heavy atom. The summed E-state index contributed by atoms with van der Waals surface area (Å²) >= 11 is 0.971. The van der Waals surface area contributed by atoms with E-state index in [1.165, 1.54) is 6.20 Å². The van der Waals surface area contributed by atoms with Crippen molar-refractivity contribution in [1.82, 2.24) is 25.0 Å². The summed E-state index contributed by atoms with van der Waals surface area (Å²) in [5, 5.41) is 21.8. The maximum atomic E-state index is 10.6. The fourth-order valence-electron chi connectivity index (χ4n) is 0.810. The van der Waals surface area contributed by atoms with Gasteiger partial charge in [0.2, 0.25) is 0 Å². The predicted octanol–water partition coefficient (Wildman–Crippen LogP) is 0.0214. The molecule has 0 aromatic carbocycles. The monoisotopic (exact) mass is 197 g/mol. The molecule has 0 radical (unpaired) electrons. The van der Waals surface area contributed by atoms with E-state index >= 15 is 0 Å². The highest BCUT2D eigenvalue weighted by Crippen LogP contribution is 2.22. The summed E-state index contributed by atoms with van der Waals surface area (Å²) in [6.07, 6.45) is 1.42. The summed E-state index contributed by atoms with van der Waals surface area (Å²) in [6, 6.07) is 0. The minimum Gasteiger partial charge on any atom is -0.476 e. The zero-order chi connectivity index (χ0) is 9.26. The van der Waals surface area contributed by atoms with Crippen molar-refractivity contribution < 1.29 is 9.90 Å². The number of H-pyrrole nitrogens is 1. The third-order valence-corrected chi connectivity index (χ3v) is 2.09. The van der Waals surface area contributed by atoms with Crippen molar-refractivity contribution in [1.29, 1.82) is 0 Å². The summed E-state index contributed by atoms with van der Waals surface area (Å²) in [5.74, 6) is -1.12. The van der Waals surface area contributed by atoms with Gasteiger partial charge in [-0.3, -0.25) is 0 Å². The second-order valence-corrected chi connectivity index (χ2v) is 2.87. The molecule has 0 spiro atoms. The van der Waals surface area contributed by atoms with Crippen LogP contribution in [-0.4, -0.2) is 36.1 Å². The molecule has 0 unspecified atom stereocenters. The van der Waals surface area contributed by atoms with Gasteiger partial charge in [0, 0.05) is 0 Å². The van der Waals surface area contributed by atoms with Crippen molar-refractivity contribution >= 4 is 17.5 Å². The molecule has 0 aliphatic carbocycles. The number of carboxylic acid groups (broad SMARTS) is 1. The predicted molar refractivity (Wildman–Crippen MR) is 42.2 cm³/mol. The highest BCUT2D eigenvalue weighted by Gasteiger charge is 2.18. The van der Waals surface area contributed by atoms with Crippen LogP contribution < -0.4 is 0 Å². The topological polar surface area (TPSA) is 105 Å². The van der Waals surface area contributed by atoms with Gasteiger partial charge in [0.15, 0.2) is 5.69 Å². The van der Waals surface area contributed by atoms with Gasteiger partial charge in [-0.25, -0.2) is 4.79 Å². The quantitative estimate of drug-likeness (QED) is 0.703. The first-order valence-corrected chi connectivity index (χ1v) is 3.98. The zero-order valence-corrected chi connectivity index (χ0v) is 6.95. The molecule has 2 aromatic rings. The molecule has 7 nitrogen and oxygen atoms in total. The van der Waals surface area contributed by atoms with Crippen LogP contribution in [0.15, 0.2) is 6.20 Å². The number of rotatable bonds is 2. The van der Waals surface area contributed by atoms with Gasteiger partial charge in [-0.2, -0.15) is 15.4 Å².